The number of hydrogen-bond acceptors (Lipinski definition) is 3. The molecule has 56 valence electrons. The van der Waals surface area contributed by atoms with Gasteiger partial charge in [-0.1, -0.05) is 0 Å². The summed E-state index contributed by atoms with van der Waals surface area (Å²) in [6, 6.07) is 0. The van der Waals surface area contributed by atoms with Gasteiger partial charge in [0.2, 0.25) is 0 Å². The first-order valence-corrected chi connectivity index (χ1v) is 3.06. The van der Waals surface area contributed by atoms with Crippen LogP contribution in [0.2, 0.25) is 0 Å². The molecule has 10 heavy (non-hydrogen) atoms. The zero-order chi connectivity index (χ0) is 7.72. The summed E-state index contributed by atoms with van der Waals surface area (Å²) in [7, 11) is 1.51. The number of amides is 1. The molecular formula is C6H9NO3. The molecule has 0 N–H and O–H groups in total. The maximum atomic E-state index is 10.9. The van der Waals surface area contributed by atoms with Gasteiger partial charge < -0.3 is 0 Å². The minimum atomic E-state index is -0.529. The van der Waals surface area contributed by atoms with Crippen LogP contribution >= 0.6 is 0 Å². The van der Waals surface area contributed by atoms with Crippen molar-refractivity contribution in [1.29, 1.82) is 0 Å². The summed E-state index contributed by atoms with van der Waals surface area (Å²) in [5.74, 6) is -0.946. The summed E-state index contributed by atoms with van der Waals surface area (Å²) in [5.41, 5.74) is 0. The maximum absolute atomic E-state index is 10.9. The van der Waals surface area contributed by atoms with Crippen molar-refractivity contribution in [3.05, 3.63) is 0 Å². The van der Waals surface area contributed by atoms with Crippen molar-refractivity contribution in [2.24, 2.45) is 5.92 Å². The molecular weight excluding hydrogens is 134 g/mol. The first kappa shape index (κ1) is 7.21. The van der Waals surface area contributed by atoms with Crippen LogP contribution in [0.4, 0.5) is 0 Å². The fraction of sp³-hybridized carbons (Fsp3) is 0.667. The standard InChI is InChI=1S/C6H9NO3/c1-4-5(8)3-10-7(2)6(4)9/h4H,3H2,1-2H3. The molecule has 1 amide bonds. The third kappa shape index (κ3) is 1.02. The third-order valence-corrected chi connectivity index (χ3v) is 1.56. The maximum Gasteiger partial charge on any atom is 0.256 e. The van der Waals surface area contributed by atoms with Crippen molar-refractivity contribution in [3.8, 4) is 0 Å². The number of hydrogen-bond donors (Lipinski definition) is 0. The molecule has 4 heteroatoms. The minimum Gasteiger partial charge on any atom is -0.296 e. The monoisotopic (exact) mass is 143 g/mol. The minimum absolute atomic E-state index is 0.0173. The average molecular weight is 143 g/mol. The van der Waals surface area contributed by atoms with E-state index in [9.17, 15) is 9.59 Å². The van der Waals surface area contributed by atoms with Crippen LogP contribution in [-0.4, -0.2) is 30.4 Å². The number of rotatable bonds is 0. The molecule has 1 fully saturated rings. The van der Waals surface area contributed by atoms with Crippen LogP contribution < -0.4 is 0 Å². The van der Waals surface area contributed by atoms with E-state index in [4.69, 9.17) is 4.84 Å². The Kier molecular flexibility index (Phi) is 1.72. The Labute approximate surface area is 58.7 Å². The smallest absolute Gasteiger partial charge is 0.256 e. The Morgan fingerprint density at radius 2 is 2.20 bits per heavy atom. The molecule has 0 spiro atoms. The molecule has 0 radical (unpaired) electrons. The fourth-order valence-electron chi connectivity index (χ4n) is 0.759. The van der Waals surface area contributed by atoms with Crippen LogP contribution in [0.3, 0.4) is 0 Å². The molecule has 0 aromatic rings. The summed E-state index contributed by atoms with van der Waals surface area (Å²) in [6.07, 6.45) is 0. The molecule has 0 bridgehead atoms. The zero-order valence-corrected chi connectivity index (χ0v) is 5.96. The van der Waals surface area contributed by atoms with Gasteiger partial charge in [0.05, 0.1) is 5.92 Å². The van der Waals surface area contributed by atoms with E-state index in [1.165, 1.54) is 7.05 Å². The molecule has 1 aliphatic rings. The fourth-order valence-corrected chi connectivity index (χ4v) is 0.759. The Morgan fingerprint density at radius 3 is 2.70 bits per heavy atom. The van der Waals surface area contributed by atoms with Crippen molar-refractivity contribution in [2.45, 2.75) is 6.92 Å². The molecule has 1 saturated heterocycles. The lowest BCUT2D eigenvalue weighted by Crippen LogP contribution is -2.43. The lowest BCUT2D eigenvalue weighted by molar-refractivity contribution is -0.196. The van der Waals surface area contributed by atoms with E-state index in [0.717, 1.165) is 5.06 Å². The molecule has 1 unspecified atom stereocenters. The quantitative estimate of drug-likeness (QED) is 0.433. The van der Waals surface area contributed by atoms with Crippen LogP contribution in [0.1, 0.15) is 6.92 Å². The van der Waals surface area contributed by atoms with E-state index in [2.05, 4.69) is 0 Å². The van der Waals surface area contributed by atoms with E-state index in [-0.39, 0.29) is 18.3 Å². The van der Waals surface area contributed by atoms with Gasteiger partial charge >= 0.3 is 0 Å². The van der Waals surface area contributed by atoms with Gasteiger partial charge in [-0.15, -0.1) is 0 Å². The van der Waals surface area contributed by atoms with Crippen molar-refractivity contribution < 1.29 is 14.4 Å². The molecule has 0 aliphatic carbocycles. The van der Waals surface area contributed by atoms with E-state index in [1.807, 2.05) is 0 Å². The normalized spacial score (nSPS) is 27.4. The topological polar surface area (TPSA) is 46.6 Å². The van der Waals surface area contributed by atoms with Crippen LogP contribution in [0.5, 0.6) is 0 Å². The third-order valence-electron chi connectivity index (χ3n) is 1.56. The SMILES string of the molecule is CC1C(=O)CON(C)C1=O. The summed E-state index contributed by atoms with van der Waals surface area (Å²) in [4.78, 5) is 26.4. The van der Waals surface area contributed by atoms with E-state index < -0.39 is 5.92 Å². The van der Waals surface area contributed by atoms with Crippen molar-refractivity contribution in [3.63, 3.8) is 0 Å². The molecule has 0 aromatic heterocycles. The Bertz CT molecular complexity index is 178. The van der Waals surface area contributed by atoms with Crippen LogP contribution in [-0.2, 0) is 14.4 Å². The van der Waals surface area contributed by atoms with E-state index in [1.54, 1.807) is 6.92 Å². The lowest BCUT2D eigenvalue weighted by Gasteiger charge is -2.24. The second-order valence-electron chi connectivity index (χ2n) is 2.30. The highest BCUT2D eigenvalue weighted by atomic mass is 16.7. The van der Waals surface area contributed by atoms with Gasteiger partial charge in [0.25, 0.3) is 5.91 Å². The van der Waals surface area contributed by atoms with Gasteiger partial charge in [0.15, 0.2) is 5.78 Å². The highest BCUT2D eigenvalue weighted by Gasteiger charge is 2.30. The number of carbonyl (C=O) groups excluding carboxylic acids is 2. The summed E-state index contributed by atoms with van der Waals surface area (Å²) >= 11 is 0. The van der Waals surface area contributed by atoms with Crippen molar-refractivity contribution >= 4 is 11.7 Å². The Morgan fingerprint density at radius 1 is 1.60 bits per heavy atom. The van der Waals surface area contributed by atoms with Crippen LogP contribution in [0.25, 0.3) is 0 Å². The Balaban J connectivity index is 2.70. The lowest BCUT2D eigenvalue weighted by atomic mass is 10.1. The molecule has 0 aromatic carbocycles. The number of nitrogens with zero attached hydrogens (tertiary/aromatic N) is 1. The van der Waals surface area contributed by atoms with Crippen LogP contribution in [0, 0.1) is 5.92 Å². The number of Topliss-reactive ketones (excluding diaryl/α,β-unsaturated/α-hetero) is 1. The molecule has 1 aliphatic heterocycles. The predicted octanol–water partition coefficient (Wildman–Crippen LogP) is -0.405. The van der Waals surface area contributed by atoms with E-state index >= 15 is 0 Å². The average Bonchev–Trinajstić information content (AvgIpc) is 1.93. The molecule has 0 saturated carbocycles. The molecule has 1 heterocycles. The van der Waals surface area contributed by atoms with Gasteiger partial charge in [-0.25, -0.2) is 5.06 Å². The molecule has 1 atom stereocenters. The Hall–Kier alpha value is -0.900. The number of hydroxylamine groups is 2. The highest BCUT2D eigenvalue weighted by molar-refractivity contribution is 6.02. The summed E-state index contributed by atoms with van der Waals surface area (Å²) in [6.45, 7) is 1.60. The van der Waals surface area contributed by atoms with E-state index in [0.29, 0.717) is 0 Å². The van der Waals surface area contributed by atoms with Crippen molar-refractivity contribution in [2.75, 3.05) is 13.7 Å². The van der Waals surface area contributed by atoms with Crippen molar-refractivity contribution in [1.82, 2.24) is 5.06 Å². The summed E-state index contributed by atoms with van der Waals surface area (Å²) < 4.78 is 0. The van der Waals surface area contributed by atoms with Crippen LogP contribution in [0.15, 0.2) is 0 Å². The largest absolute Gasteiger partial charge is 0.296 e. The predicted molar refractivity (Wildman–Crippen MR) is 32.9 cm³/mol. The number of ketones is 1. The second kappa shape index (κ2) is 2.38. The van der Waals surface area contributed by atoms with Gasteiger partial charge in [0.1, 0.15) is 6.61 Å². The molecule has 1 rings (SSSR count). The van der Waals surface area contributed by atoms with Gasteiger partial charge in [-0.2, -0.15) is 0 Å². The van der Waals surface area contributed by atoms with Gasteiger partial charge in [-0.05, 0) is 6.92 Å². The van der Waals surface area contributed by atoms with Gasteiger partial charge in [0, 0.05) is 7.05 Å². The second-order valence-corrected chi connectivity index (χ2v) is 2.30. The summed E-state index contributed by atoms with van der Waals surface area (Å²) in [5, 5.41) is 1.10. The van der Waals surface area contributed by atoms with Gasteiger partial charge in [-0.3, -0.25) is 14.4 Å². The zero-order valence-electron chi connectivity index (χ0n) is 5.96. The molecule has 4 nitrogen and oxygen atoms in total. The first-order valence-electron chi connectivity index (χ1n) is 3.06. The highest BCUT2D eigenvalue weighted by Crippen LogP contribution is 2.08. The first-order chi connectivity index (χ1) is 4.63. The number of carbonyl (C=O) groups is 2.